The highest BCUT2D eigenvalue weighted by molar-refractivity contribution is 7.99. The van der Waals surface area contributed by atoms with Crippen LogP contribution in [0.2, 0.25) is 0 Å². The van der Waals surface area contributed by atoms with Gasteiger partial charge in [-0.2, -0.15) is 17.0 Å². The minimum Gasteiger partial charge on any atom is -0.233 e. The van der Waals surface area contributed by atoms with Gasteiger partial charge in [0.2, 0.25) is 0 Å². The molecule has 3 heteroatoms. The van der Waals surface area contributed by atoms with Crippen LogP contribution in [0, 0.1) is 17.2 Å². The highest BCUT2D eigenvalue weighted by atomic mass is 32.2. The average molecular weight is 205 g/mol. The Kier molecular flexibility index (Phi) is 4.85. The van der Waals surface area contributed by atoms with E-state index in [1.165, 1.54) is 0 Å². The van der Waals surface area contributed by atoms with Gasteiger partial charge in [-0.1, -0.05) is 18.2 Å². The fourth-order valence-electron chi connectivity index (χ4n) is 1.17. The maximum atomic E-state index is 10.6. The average Bonchev–Trinajstić information content (AvgIpc) is 2.25. The summed E-state index contributed by atoms with van der Waals surface area (Å²) >= 11 is 1.70. The summed E-state index contributed by atoms with van der Waals surface area (Å²) in [5.41, 5.74) is 0.706. The molecule has 0 spiro atoms. The van der Waals surface area contributed by atoms with Crippen molar-refractivity contribution in [1.29, 1.82) is 5.26 Å². The standard InChI is InChI=1S/C11H11NOS/c12-6-3-7-14-9-11-5-2-1-4-10(11)8-13/h1-2,4-5,11H,3,7,9H2. The minimum atomic E-state index is 0.168. The van der Waals surface area contributed by atoms with Crippen molar-refractivity contribution in [3.63, 3.8) is 0 Å². The number of nitrogens with zero attached hydrogens (tertiary/aromatic N) is 1. The highest BCUT2D eigenvalue weighted by Gasteiger charge is 2.11. The predicted molar refractivity (Wildman–Crippen MR) is 58.5 cm³/mol. The largest absolute Gasteiger partial charge is 0.233 e. The zero-order valence-electron chi connectivity index (χ0n) is 7.77. The van der Waals surface area contributed by atoms with Crippen LogP contribution < -0.4 is 0 Å². The van der Waals surface area contributed by atoms with E-state index < -0.39 is 0 Å². The Labute approximate surface area is 88.0 Å². The lowest BCUT2D eigenvalue weighted by Gasteiger charge is -2.12. The zero-order chi connectivity index (χ0) is 10.2. The Hall–Kier alpha value is -1.23. The third-order valence-corrected chi connectivity index (χ3v) is 2.99. The molecule has 1 aliphatic rings. The third-order valence-electron chi connectivity index (χ3n) is 1.90. The molecule has 0 aliphatic heterocycles. The van der Waals surface area contributed by atoms with Crippen molar-refractivity contribution in [1.82, 2.24) is 0 Å². The zero-order valence-corrected chi connectivity index (χ0v) is 8.59. The summed E-state index contributed by atoms with van der Waals surface area (Å²) in [5, 5.41) is 8.35. The molecule has 72 valence electrons. The quantitative estimate of drug-likeness (QED) is 0.521. The van der Waals surface area contributed by atoms with Crippen molar-refractivity contribution in [3.05, 3.63) is 29.9 Å². The first kappa shape index (κ1) is 10.8. The van der Waals surface area contributed by atoms with Gasteiger partial charge in [0, 0.05) is 29.4 Å². The molecule has 1 rings (SSSR count). The van der Waals surface area contributed by atoms with Crippen LogP contribution in [0.15, 0.2) is 29.9 Å². The van der Waals surface area contributed by atoms with Crippen LogP contribution in [0.3, 0.4) is 0 Å². The van der Waals surface area contributed by atoms with Gasteiger partial charge in [0.05, 0.1) is 6.07 Å². The third kappa shape index (κ3) is 3.26. The monoisotopic (exact) mass is 205 g/mol. The molecule has 0 heterocycles. The van der Waals surface area contributed by atoms with Crippen LogP contribution in [0.25, 0.3) is 0 Å². The summed E-state index contributed by atoms with van der Waals surface area (Å²) in [5.74, 6) is 3.80. The van der Waals surface area contributed by atoms with Crippen LogP contribution >= 0.6 is 11.8 Å². The molecule has 0 saturated heterocycles. The molecule has 1 atom stereocenters. The summed E-state index contributed by atoms with van der Waals surface area (Å²) in [6, 6.07) is 2.09. The maximum absolute atomic E-state index is 10.6. The molecule has 0 radical (unpaired) electrons. The van der Waals surface area contributed by atoms with Gasteiger partial charge in [0.25, 0.3) is 0 Å². The molecule has 0 aromatic heterocycles. The number of hydrogen-bond donors (Lipinski definition) is 0. The van der Waals surface area contributed by atoms with Crippen molar-refractivity contribution in [2.45, 2.75) is 6.42 Å². The van der Waals surface area contributed by atoms with E-state index in [2.05, 4.69) is 6.07 Å². The molecular weight excluding hydrogens is 194 g/mol. The summed E-state index contributed by atoms with van der Waals surface area (Å²) < 4.78 is 0. The first-order chi connectivity index (χ1) is 6.88. The lowest BCUT2D eigenvalue weighted by Crippen LogP contribution is -2.06. The van der Waals surface area contributed by atoms with Crippen molar-refractivity contribution < 1.29 is 4.79 Å². The van der Waals surface area contributed by atoms with Gasteiger partial charge in [-0.05, 0) is 6.08 Å². The number of hydrogen-bond acceptors (Lipinski definition) is 3. The van der Waals surface area contributed by atoms with E-state index in [0.717, 1.165) is 11.5 Å². The SMILES string of the molecule is N#CCCSCC1C=CC=CC1=C=O. The highest BCUT2D eigenvalue weighted by Crippen LogP contribution is 2.21. The van der Waals surface area contributed by atoms with Crippen LogP contribution in [-0.2, 0) is 4.79 Å². The van der Waals surface area contributed by atoms with Gasteiger partial charge in [0.15, 0.2) is 0 Å². The minimum absolute atomic E-state index is 0.168. The topological polar surface area (TPSA) is 40.9 Å². The molecule has 14 heavy (non-hydrogen) atoms. The Morgan fingerprint density at radius 2 is 2.36 bits per heavy atom. The first-order valence-electron chi connectivity index (χ1n) is 4.43. The van der Waals surface area contributed by atoms with Gasteiger partial charge in [-0.3, -0.25) is 0 Å². The number of rotatable bonds is 4. The molecule has 0 saturated carbocycles. The normalized spacial score (nSPS) is 19.1. The van der Waals surface area contributed by atoms with E-state index in [1.54, 1.807) is 17.8 Å². The summed E-state index contributed by atoms with van der Waals surface area (Å²) in [4.78, 5) is 10.6. The molecular formula is C11H11NOS. The summed E-state index contributed by atoms with van der Waals surface area (Å²) in [7, 11) is 0. The van der Waals surface area contributed by atoms with Gasteiger partial charge in [-0.15, -0.1) is 0 Å². The molecule has 2 nitrogen and oxygen atoms in total. The first-order valence-corrected chi connectivity index (χ1v) is 5.58. The number of carbonyl (C=O) groups excluding carboxylic acids is 1. The molecule has 0 fully saturated rings. The molecule has 1 unspecified atom stereocenters. The lowest BCUT2D eigenvalue weighted by atomic mass is 9.98. The molecule has 0 aromatic carbocycles. The lowest BCUT2D eigenvalue weighted by molar-refractivity contribution is 0.565. The second-order valence-electron chi connectivity index (χ2n) is 2.89. The van der Waals surface area contributed by atoms with E-state index >= 15 is 0 Å². The van der Waals surface area contributed by atoms with Crippen LogP contribution in [0.4, 0.5) is 0 Å². The Balaban J connectivity index is 2.37. The van der Waals surface area contributed by atoms with Gasteiger partial charge in [-0.25, -0.2) is 4.79 Å². The van der Waals surface area contributed by atoms with Crippen LogP contribution in [-0.4, -0.2) is 17.4 Å². The van der Waals surface area contributed by atoms with Gasteiger partial charge in [0.1, 0.15) is 5.94 Å². The van der Waals surface area contributed by atoms with Crippen molar-refractivity contribution in [2.24, 2.45) is 5.92 Å². The van der Waals surface area contributed by atoms with Crippen LogP contribution in [0.1, 0.15) is 6.42 Å². The molecule has 0 aromatic rings. The van der Waals surface area contributed by atoms with E-state index in [-0.39, 0.29) is 5.92 Å². The van der Waals surface area contributed by atoms with Crippen LogP contribution in [0.5, 0.6) is 0 Å². The summed E-state index contributed by atoms with van der Waals surface area (Å²) in [6.07, 6.45) is 8.15. The Morgan fingerprint density at radius 1 is 1.50 bits per heavy atom. The molecule has 0 bridgehead atoms. The van der Waals surface area contributed by atoms with Crippen molar-refractivity contribution >= 4 is 17.7 Å². The smallest absolute Gasteiger partial charge is 0.128 e. The summed E-state index contributed by atoms with van der Waals surface area (Å²) in [6.45, 7) is 0. The fraction of sp³-hybridized carbons (Fsp3) is 0.364. The fourth-order valence-corrected chi connectivity index (χ4v) is 2.11. The molecule has 0 N–H and O–H groups in total. The van der Waals surface area contributed by atoms with E-state index in [0.29, 0.717) is 12.0 Å². The number of nitriles is 1. The number of thioether (sulfide) groups is 1. The van der Waals surface area contributed by atoms with Gasteiger partial charge < -0.3 is 0 Å². The predicted octanol–water partition coefficient (Wildman–Crippen LogP) is 2.13. The second kappa shape index (κ2) is 6.26. The van der Waals surface area contributed by atoms with Gasteiger partial charge >= 0.3 is 0 Å². The van der Waals surface area contributed by atoms with E-state index in [1.807, 2.05) is 24.2 Å². The van der Waals surface area contributed by atoms with Crippen molar-refractivity contribution in [2.75, 3.05) is 11.5 Å². The van der Waals surface area contributed by atoms with E-state index in [4.69, 9.17) is 5.26 Å². The Morgan fingerprint density at radius 3 is 3.07 bits per heavy atom. The number of allylic oxidation sites excluding steroid dienone is 5. The maximum Gasteiger partial charge on any atom is 0.128 e. The van der Waals surface area contributed by atoms with Crippen molar-refractivity contribution in [3.8, 4) is 6.07 Å². The van der Waals surface area contributed by atoms with E-state index in [9.17, 15) is 4.79 Å². The molecule has 0 amide bonds. The second-order valence-corrected chi connectivity index (χ2v) is 4.04. The molecule has 1 aliphatic carbocycles. The Bertz CT molecular complexity index is 332.